The smallest absolute Gasteiger partial charge is 0.416 e. The molecule has 0 aromatic heterocycles. The van der Waals surface area contributed by atoms with Crippen LogP contribution in [-0.4, -0.2) is 12.8 Å². The van der Waals surface area contributed by atoms with Gasteiger partial charge < -0.3 is 4.74 Å². The Labute approximate surface area is 138 Å². The molecular weight excluding hydrogens is 355 g/mol. The largest absolute Gasteiger partial charge is 0.434 e. The van der Waals surface area contributed by atoms with Crippen LogP contribution in [0, 0.1) is 0 Å². The van der Waals surface area contributed by atoms with Crippen molar-refractivity contribution in [2.24, 2.45) is 5.10 Å². The van der Waals surface area contributed by atoms with Crippen LogP contribution in [0.4, 0.5) is 27.6 Å². The highest BCUT2D eigenvalue weighted by atomic mass is 35.5. The molecule has 24 heavy (non-hydrogen) atoms. The Hall–Kier alpha value is -2.35. The van der Waals surface area contributed by atoms with Crippen molar-refractivity contribution in [1.82, 2.24) is 0 Å². The second kappa shape index (κ2) is 7.48. The van der Waals surface area contributed by atoms with Gasteiger partial charge in [-0.2, -0.15) is 27.1 Å². The van der Waals surface area contributed by atoms with E-state index < -0.39 is 18.4 Å². The molecule has 0 aliphatic carbocycles. The van der Waals surface area contributed by atoms with E-state index in [-0.39, 0.29) is 22.0 Å². The zero-order valence-electron chi connectivity index (χ0n) is 11.8. The molecule has 0 amide bonds. The van der Waals surface area contributed by atoms with Gasteiger partial charge in [-0.1, -0.05) is 23.7 Å². The minimum atomic E-state index is -4.53. The molecule has 0 bridgehead atoms. The number of hydrazone groups is 1. The minimum absolute atomic E-state index is 0.0252. The van der Waals surface area contributed by atoms with E-state index in [1.807, 2.05) is 0 Å². The second-order valence-corrected chi connectivity index (χ2v) is 4.89. The maximum atomic E-state index is 12.7. The molecule has 0 saturated heterocycles. The molecule has 9 heteroatoms. The van der Waals surface area contributed by atoms with Gasteiger partial charge in [0.1, 0.15) is 5.75 Å². The highest BCUT2D eigenvalue weighted by Crippen LogP contribution is 2.33. The molecule has 0 heterocycles. The van der Waals surface area contributed by atoms with E-state index in [9.17, 15) is 22.0 Å². The molecule has 2 rings (SSSR count). The quantitative estimate of drug-likeness (QED) is 0.437. The number of nitrogens with zero attached hydrogens (tertiary/aromatic N) is 1. The van der Waals surface area contributed by atoms with Crippen molar-refractivity contribution in [3.8, 4) is 5.75 Å². The van der Waals surface area contributed by atoms with E-state index in [4.69, 9.17) is 11.6 Å². The first-order valence-electron chi connectivity index (χ1n) is 6.47. The second-order valence-electron chi connectivity index (χ2n) is 4.48. The van der Waals surface area contributed by atoms with Crippen LogP contribution in [0.2, 0.25) is 5.02 Å². The van der Waals surface area contributed by atoms with Crippen LogP contribution in [0.25, 0.3) is 0 Å². The summed E-state index contributed by atoms with van der Waals surface area (Å²) in [6, 6.07) is 8.53. The van der Waals surface area contributed by atoms with Crippen LogP contribution < -0.4 is 10.2 Å². The van der Waals surface area contributed by atoms with Gasteiger partial charge in [0.05, 0.1) is 22.5 Å². The van der Waals surface area contributed by atoms with Crippen molar-refractivity contribution in [2.75, 3.05) is 5.43 Å². The van der Waals surface area contributed by atoms with E-state index in [0.29, 0.717) is 0 Å². The molecule has 0 fully saturated rings. The third kappa shape index (κ3) is 4.82. The molecule has 1 N–H and O–H groups in total. The topological polar surface area (TPSA) is 33.6 Å². The summed E-state index contributed by atoms with van der Waals surface area (Å²) in [4.78, 5) is 0. The number of ether oxygens (including phenoxy) is 1. The summed E-state index contributed by atoms with van der Waals surface area (Å²) in [5, 5.41) is 3.74. The molecule has 0 atom stereocenters. The van der Waals surface area contributed by atoms with Gasteiger partial charge in [0.15, 0.2) is 0 Å². The fourth-order valence-electron chi connectivity index (χ4n) is 1.75. The highest BCUT2D eigenvalue weighted by molar-refractivity contribution is 6.33. The van der Waals surface area contributed by atoms with Gasteiger partial charge in [-0.15, -0.1) is 0 Å². The molecule has 0 radical (unpaired) electrons. The van der Waals surface area contributed by atoms with Gasteiger partial charge >= 0.3 is 12.8 Å². The fraction of sp³-hybridized carbons (Fsp3) is 0.133. The first-order valence-corrected chi connectivity index (χ1v) is 6.85. The van der Waals surface area contributed by atoms with E-state index >= 15 is 0 Å². The number of anilines is 1. The van der Waals surface area contributed by atoms with Crippen molar-refractivity contribution >= 4 is 23.5 Å². The van der Waals surface area contributed by atoms with Crippen molar-refractivity contribution in [3.63, 3.8) is 0 Å². The van der Waals surface area contributed by atoms with Gasteiger partial charge in [0.25, 0.3) is 0 Å². The molecule has 0 unspecified atom stereocenters. The molecule has 0 spiro atoms. The zero-order valence-corrected chi connectivity index (χ0v) is 12.6. The summed E-state index contributed by atoms with van der Waals surface area (Å²) in [6.45, 7) is -3.01. The van der Waals surface area contributed by atoms with E-state index in [1.54, 1.807) is 6.07 Å². The predicted octanol–water partition coefficient (Wildman–Crippen LogP) is 5.41. The Morgan fingerprint density at radius 1 is 1.12 bits per heavy atom. The lowest BCUT2D eigenvalue weighted by molar-refractivity contribution is -0.137. The lowest BCUT2D eigenvalue weighted by Gasteiger charge is -2.10. The number of alkyl halides is 5. The number of hydrogen-bond donors (Lipinski definition) is 1. The number of nitrogens with one attached hydrogen (secondary N) is 1. The molecule has 0 saturated carbocycles. The molecule has 0 aliphatic heterocycles. The van der Waals surface area contributed by atoms with Crippen molar-refractivity contribution in [3.05, 3.63) is 58.6 Å². The van der Waals surface area contributed by atoms with Crippen molar-refractivity contribution < 1.29 is 26.7 Å². The predicted molar refractivity (Wildman–Crippen MR) is 80.7 cm³/mol. The Morgan fingerprint density at radius 3 is 2.50 bits per heavy atom. The zero-order chi connectivity index (χ0) is 17.7. The molecule has 3 nitrogen and oxygen atoms in total. The first kappa shape index (κ1) is 18.0. The lowest BCUT2D eigenvalue weighted by Crippen LogP contribution is -2.06. The third-order valence-electron chi connectivity index (χ3n) is 2.82. The first-order chi connectivity index (χ1) is 11.3. The van der Waals surface area contributed by atoms with Crippen LogP contribution in [0.3, 0.4) is 0 Å². The minimum Gasteiger partial charge on any atom is -0.434 e. The number of benzene rings is 2. The van der Waals surface area contributed by atoms with Gasteiger partial charge in [-0.3, -0.25) is 5.43 Å². The highest BCUT2D eigenvalue weighted by Gasteiger charge is 2.30. The van der Waals surface area contributed by atoms with Crippen LogP contribution in [0.1, 0.15) is 11.1 Å². The average Bonchev–Trinajstić information content (AvgIpc) is 2.49. The molecular formula is C15H10ClF5N2O. The summed E-state index contributed by atoms with van der Waals surface area (Å²) < 4.78 is 66.9. The molecule has 2 aromatic carbocycles. The van der Waals surface area contributed by atoms with Gasteiger partial charge in [0, 0.05) is 5.56 Å². The summed E-state index contributed by atoms with van der Waals surface area (Å²) >= 11 is 5.80. The molecule has 128 valence electrons. The van der Waals surface area contributed by atoms with Crippen molar-refractivity contribution in [1.29, 1.82) is 0 Å². The van der Waals surface area contributed by atoms with Gasteiger partial charge in [-0.25, -0.2) is 0 Å². The van der Waals surface area contributed by atoms with Crippen LogP contribution in [0.15, 0.2) is 47.6 Å². The number of para-hydroxylation sites is 1. The number of halogens is 6. The van der Waals surface area contributed by atoms with Gasteiger partial charge in [0.2, 0.25) is 0 Å². The third-order valence-corrected chi connectivity index (χ3v) is 3.15. The average molecular weight is 365 g/mol. The van der Waals surface area contributed by atoms with Crippen LogP contribution in [0.5, 0.6) is 5.75 Å². The Balaban J connectivity index is 2.18. The monoisotopic (exact) mass is 364 g/mol. The standard InChI is InChI=1S/C15H10ClF5N2O/c16-11-6-5-10(15(19,20)21)7-12(11)23-22-8-9-3-1-2-4-13(9)24-14(17)18/h1-8,14,23H. The summed E-state index contributed by atoms with van der Waals surface area (Å²) in [5.74, 6) is -0.117. The van der Waals surface area contributed by atoms with Crippen molar-refractivity contribution in [2.45, 2.75) is 12.8 Å². The van der Waals surface area contributed by atoms with E-state index in [1.165, 1.54) is 18.2 Å². The Morgan fingerprint density at radius 2 is 1.83 bits per heavy atom. The summed E-state index contributed by atoms with van der Waals surface area (Å²) in [6.07, 6.45) is -3.39. The normalized spacial score (nSPS) is 12.0. The summed E-state index contributed by atoms with van der Waals surface area (Å²) in [7, 11) is 0. The number of hydrogen-bond acceptors (Lipinski definition) is 3. The fourth-order valence-corrected chi connectivity index (χ4v) is 1.91. The maximum Gasteiger partial charge on any atom is 0.416 e. The number of rotatable bonds is 5. The van der Waals surface area contributed by atoms with E-state index in [2.05, 4.69) is 15.3 Å². The van der Waals surface area contributed by atoms with Crippen LogP contribution >= 0.6 is 11.6 Å². The summed E-state index contributed by atoms with van der Waals surface area (Å²) in [5.41, 5.74) is 1.59. The van der Waals surface area contributed by atoms with Gasteiger partial charge in [-0.05, 0) is 30.3 Å². The van der Waals surface area contributed by atoms with E-state index in [0.717, 1.165) is 24.4 Å². The maximum absolute atomic E-state index is 12.7. The SMILES string of the molecule is FC(F)Oc1ccccc1C=NNc1cc(C(F)(F)F)ccc1Cl. The Kier molecular flexibility index (Phi) is 5.61. The molecule has 0 aliphatic rings. The Bertz CT molecular complexity index is 734. The lowest BCUT2D eigenvalue weighted by atomic mass is 10.2. The van der Waals surface area contributed by atoms with Crippen LogP contribution in [-0.2, 0) is 6.18 Å². The molecule has 2 aromatic rings.